The van der Waals surface area contributed by atoms with Crippen molar-refractivity contribution in [1.82, 2.24) is 24.5 Å². The Labute approximate surface area is 194 Å². The van der Waals surface area contributed by atoms with E-state index in [0.717, 1.165) is 21.4 Å². The number of anilines is 1. The van der Waals surface area contributed by atoms with Gasteiger partial charge in [0.05, 0.1) is 16.3 Å². The molecule has 0 saturated heterocycles. The first-order valence-corrected chi connectivity index (χ1v) is 10.8. The summed E-state index contributed by atoms with van der Waals surface area (Å²) in [5.74, 6) is 0.215. The zero-order valence-electron chi connectivity index (χ0n) is 18.5. The molecule has 3 N–H and O–H groups in total. The number of aromatic amines is 1. The summed E-state index contributed by atoms with van der Waals surface area (Å²) in [4.78, 5) is 40.1. The third-order valence-electron chi connectivity index (χ3n) is 5.41. The van der Waals surface area contributed by atoms with Gasteiger partial charge in [0.25, 0.3) is 5.56 Å². The lowest BCUT2D eigenvalue weighted by Crippen LogP contribution is -2.18. The minimum atomic E-state index is -1.12. The molecule has 4 heterocycles. The molecule has 4 aromatic rings. The highest BCUT2D eigenvalue weighted by Gasteiger charge is 2.22. The predicted octanol–water partition coefficient (Wildman–Crippen LogP) is 4.64. The van der Waals surface area contributed by atoms with Crippen molar-refractivity contribution in [2.75, 3.05) is 5.32 Å². The molecule has 0 bridgehead atoms. The zero-order chi connectivity index (χ0) is 23.9. The molecule has 0 spiro atoms. The summed E-state index contributed by atoms with van der Waals surface area (Å²) in [7, 11) is 0. The number of nitrogens with one attached hydrogen (secondary N) is 2. The molecule has 9 nitrogen and oxygen atoms in total. The number of fused-ring (bicyclic) bond motifs is 1. The van der Waals surface area contributed by atoms with Crippen molar-refractivity contribution in [3.05, 3.63) is 69.0 Å². The van der Waals surface area contributed by atoms with E-state index in [1.165, 1.54) is 12.4 Å². The van der Waals surface area contributed by atoms with Crippen molar-refractivity contribution in [2.45, 2.75) is 39.7 Å². The van der Waals surface area contributed by atoms with Gasteiger partial charge in [-0.1, -0.05) is 24.6 Å². The summed E-state index contributed by atoms with van der Waals surface area (Å²) < 4.78 is 1.09. The number of H-pyrrole nitrogens is 1. The molecule has 0 aliphatic carbocycles. The maximum atomic E-state index is 12.6. The molecule has 1 atom stereocenters. The molecule has 33 heavy (non-hydrogen) atoms. The molecule has 0 fully saturated rings. The maximum Gasteiger partial charge on any atom is 0.417 e. The fourth-order valence-electron chi connectivity index (χ4n) is 3.87. The summed E-state index contributed by atoms with van der Waals surface area (Å²) in [6.07, 6.45) is 3.36. The van der Waals surface area contributed by atoms with E-state index in [0.29, 0.717) is 33.3 Å². The minimum absolute atomic E-state index is 0.136. The Morgan fingerprint density at radius 3 is 2.58 bits per heavy atom. The third-order valence-corrected chi connectivity index (χ3v) is 5.61. The van der Waals surface area contributed by atoms with Crippen LogP contribution in [0, 0.1) is 6.92 Å². The Morgan fingerprint density at radius 2 is 1.94 bits per heavy atom. The Hall–Kier alpha value is -3.72. The lowest BCUT2D eigenvalue weighted by Gasteiger charge is -2.15. The highest BCUT2D eigenvalue weighted by molar-refractivity contribution is 6.31. The van der Waals surface area contributed by atoms with E-state index in [1.54, 1.807) is 18.3 Å². The molecule has 0 aromatic carbocycles. The molecule has 1 unspecified atom stereocenters. The SMILES string of the molecule is Cc1nc(-c2cnc(NC(C)C)[nH]c2=O)ccc1C(C)c1cn(C(=O)O)c2ncc(Cl)cc12. The lowest BCUT2D eigenvalue weighted by atomic mass is 9.92. The molecule has 170 valence electrons. The molecular weight excluding hydrogens is 444 g/mol. The Bertz CT molecular complexity index is 1430. The van der Waals surface area contributed by atoms with E-state index in [4.69, 9.17) is 11.6 Å². The number of pyridine rings is 2. The van der Waals surface area contributed by atoms with Crippen LogP contribution in [0.25, 0.3) is 22.3 Å². The zero-order valence-corrected chi connectivity index (χ0v) is 19.3. The highest BCUT2D eigenvalue weighted by Crippen LogP contribution is 2.34. The number of hydrogen-bond donors (Lipinski definition) is 3. The van der Waals surface area contributed by atoms with Crippen molar-refractivity contribution in [2.24, 2.45) is 0 Å². The van der Waals surface area contributed by atoms with Crippen LogP contribution in [0.4, 0.5) is 10.7 Å². The number of aromatic nitrogens is 5. The summed E-state index contributed by atoms with van der Waals surface area (Å²) >= 11 is 6.13. The second-order valence-electron chi connectivity index (χ2n) is 8.13. The average Bonchev–Trinajstić information content (AvgIpc) is 3.12. The number of carbonyl (C=O) groups is 1. The van der Waals surface area contributed by atoms with Crippen LogP contribution in [0.15, 0.2) is 41.6 Å². The van der Waals surface area contributed by atoms with Crippen LogP contribution in [0.2, 0.25) is 5.02 Å². The van der Waals surface area contributed by atoms with Gasteiger partial charge < -0.3 is 10.4 Å². The van der Waals surface area contributed by atoms with Crippen LogP contribution < -0.4 is 10.9 Å². The van der Waals surface area contributed by atoms with E-state index in [2.05, 4.69) is 25.3 Å². The first-order chi connectivity index (χ1) is 15.7. The third kappa shape index (κ3) is 4.31. The smallest absolute Gasteiger partial charge is 0.417 e. The van der Waals surface area contributed by atoms with Crippen LogP contribution in [0.1, 0.15) is 43.5 Å². The van der Waals surface area contributed by atoms with Gasteiger partial charge in [0.1, 0.15) is 5.65 Å². The second kappa shape index (κ2) is 8.67. The monoisotopic (exact) mass is 466 g/mol. The summed E-state index contributed by atoms with van der Waals surface area (Å²) in [6.45, 7) is 7.73. The fraction of sp³-hybridized carbons (Fsp3) is 0.261. The summed E-state index contributed by atoms with van der Waals surface area (Å²) in [6, 6.07) is 5.51. The van der Waals surface area contributed by atoms with Crippen molar-refractivity contribution in [1.29, 1.82) is 0 Å². The normalized spacial score (nSPS) is 12.3. The van der Waals surface area contributed by atoms with Gasteiger partial charge in [0, 0.05) is 41.6 Å². The molecule has 0 saturated carbocycles. The first-order valence-electron chi connectivity index (χ1n) is 10.4. The standard InChI is InChI=1S/C23H23ClN6O3/c1-11(2)27-22-26-9-17(21(31)29-22)19-6-5-15(13(4)28-19)12(3)18-10-30(23(32)33)20-16(18)7-14(24)8-25-20/h5-12H,1-4H3,(H,32,33)(H2,26,27,29,31). The van der Waals surface area contributed by atoms with Crippen LogP contribution in [0.5, 0.6) is 0 Å². The van der Waals surface area contributed by atoms with Gasteiger partial charge in [0.2, 0.25) is 5.95 Å². The van der Waals surface area contributed by atoms with Gasteiger partial charge in [-0.3, -0.25) is 14.8 Å². The Kier molecular flexibility index (Phi) is 5.90. The van der Waals surface area contributed by atoms with E-state index < -0.39 is 6.09 Å². The summed E-state index contributed by atoms with van der Waals surface area (Å²) in [5.41, 5.74) is 3.29. The number of hydrogen-bond acceptors (Lipinski definition) is 6. The molecule has 10 heteroatoms. The van der Waals surface area contributed by atoms with Crippen LogP contribution in [-0.4, -0.2) is 41.7 Å². The van der Waals surface area contributed by atoms with E-state index in [-0.39, 0.29) is 17.5 Å². The first kappa shape index (κ1) is 22.5. The average molecular weight is 467 g/mol. The van der Waals surface area contributed by atoms with Crippen LogP contribution in [0.3, 0.4) is 0 Å². The number of aryl methyl sites for hydroxylation is 1. The molecule has 4 aromatic heterocycles. The van der Waals surface area contributed by atoms with Crippen LogP contribution >= 0.6 is 11.6 Å². The molecule has 0 radical (unpaired) electrons. The van der Waals surface area contributed by atoms with Gasteiger partial charge in [-0.25, -0.2) is 19.3 Å². The van der Waals surface area contributed by atoms with Gasteiger partial charge in [-0.05, 0) is 44.0 Å². The van der Waals surface area contributed by atoms with Crippen LogP contribution in [-0.2, 0) is 0 Å². The second-order valence-corrected chi connectivity index (χ2v) is 8.56. The van der Waals surface area contributed by atoms with Gasteiger partial charge in [-0.15, -0.1) is 0 Å². The topological polar surface area (TPSA) is 126 Å². The number of carboxylic acid groups (broad SMARTS) is 1. The molecule has 4 rings (SSSR count). The fourth-order valence-corrected chi connectivity index (χ4v) is 4.03. The van der Waals surface area contributed by atoms with Crippen molar-refractivity contribution in [3.8, 4) is 11.3 Å². The molecule has 0 amide bonds. The van der Waals surface area contributed by atoms with Crippen molar-refractivity contribution >= 4 is 34.7 Å². The van der Waals surface area contributed by atoms with E-state index in [9.17, 15) is 14.7 Å². The predicted molar refractivity (Wildman–Crippen MR) is 127 cm³/mol. The highest BCUT2D eigenvalue weighted by atomic mass is 35.5. The quantitative estimate of drug-likeness (QED) is 0.391. The van der Waals surface area contributed by atoms with Crippen molar-refractivity contribution < 1.29 is 9.90 Å². The molecule has 0 aliphatic heterocycles. The summed E-state index contributed by atoms with van der Waals surface area (Å²) in [5, 5.41) is 13.7. The molecule has 0 aliphatic rings. The Morgan fingerprint density at radius 1 is 1.18 bits per heavy atom. The molecular formula is C23H23ClN6O3. The van der Waals surface area contributed by atoms with E-state index >= 15 is 0 Å². The number of nitrogens with zero attached hydrogens (tertiary/aromatic N) is 4. The Balaban J connectivity index is 1.73. The lowest BCUT2D eigenvalue weighted by molar-refractivity contribution is 0.197. The minimum Gasteiger partial charge on any atom is -0.464 e. The maximum absolute atomic E-state index is 12.6. The van der Waals surface area contributed by atoms with E-state index in [1.807, 2.05) is 33.8 Å². The van der Waals surface area contributed by atoms with Gasteiger partial charge >= 0.3 is 6.09 Å². The largest absolute Gasteiger partial charge is 0.464 e. The van der Waals surface area contributed by atoms with Gasteiger partial charge in [-0.2, -0.15) is 0 Å². The van der Waals surface area contributed by atoms with Gasteiger partial charge in [0.15, 0.2) is 0 Å². The number of rotatable bonds is 5. The van der Waals surface area contributed by atoms with Crippen molar-refractivity contribution in [3.63, 3.8) is 0 Å². The number of halogens is 1.